The standard InChI is InChI=1S/C15H25NO2S/c1-4-15(13-16-2,11-8-12-19(3,17)18)14-9-6-5-7-10-14/h5-7,9-10,16H,4,8,11-13H2,1-3H3. The van der Waals surface area contributed by atoms with Crippen molar-refractivity contribution >= 4 is 9.84 Å². The van der Waals surface area contributed by atoms with Crippen molar-refractivity contribution in [3.8, 4) is 0 Å². The van der Waals surface area contributed by atoms with Crippen molar-refractivity contribution in [3.05, 3.63) is 35.9 Å². The molecule has 3 nitrogen and oxygen atoms in total. The molecule has 1 unspecified atom stereocenters. The van der Waals surface area contributed by atoms with Gasteiger partial charge in [0.05, 0.1) is 0 Å². The third-order valence-electron chi connectivity index (χ3n) is 3.75. The second-order valence-corrected chi connectivity index (χ2v) is 7.52. The predicted molar refractivity (Wildman–Crippen MR) is 81.3 cm³/mol. The Kier molecular flexibility index (Phi) is 6.01. The van der Waals surface area contributed by atoms with Gasteiger partial charge in [0.25, 0.3) is 0 Å². The van der Waals surface area contributed by atoms with Gasteiger partial charge in [-0.2, -0.15) is 0 Å². The van der Waals surface area contributed by atoms with Gasteiger partial charge in [0.1, 0.15) is 9.84 Å². The van der Waals surface area contributed by atoms with Crippen molar-refractivity contribution in [3.63, 3.8) is 0 Å². The molecule has 1 N–H and O–H groups in total. The van der Waals surface area contributed by atoms with E-state index < -0.39 is 9.84 Å². The van der Waals surface area contributed by atoms with Crippen molar-refractivity contribution in [1.29, 1.82) is 0 Å². The lowest BCUT2D eigenvalue weighted by molar-refractivity contribution is 0.362. The van der Waals surface area contributed by atoms with Crippen LogP contribution in [0.4, 0.5) is 0 Å². The monoisotopic (exact) mass is 283 g/mol. The Bertz CT molecular complexity index is 470. The van der Waals surface area contributed by atoms with Gasteiger partial charge in [0, 0.05) is 24.0 Å². The van der Waals surface area contributed by atoms with Crippen LogP contribution in [0.5, 0.6) is 0 Å². The first kappa shape index (κ1) is 16.2. The fourth-order valence-corrected chi connectivity index (χ4v) is 3.31. The molecule has 0 amide bonds. The van der Waals surface area contributed by atoms with E-state index in [0.29, 0.717) is 6.42 Å². The molecule has 0 bridgehead atoms. The Morgan fingerprint density at radius 1 is 1.21 bits per heavy atom. The molecule has 0 aliphatic carbocycles. The summed E-state index contributed by atoms with van der Waals surface area (Å²) >= 11 is 0. The number of benzene rings is 1. The summed E-state index contributed by atoms with van der Waals surface area (Å²) in [6, 6.07) is 10.4. The smallest absolute Gasteiger partial charge is 0.147 e. The van der Waals surface area contributed by atoms with Crippen molar-refractivity contribution < 1.29 is 8.42 Å². The summed E-state index contributed by atoms with van der Waals surface area (Å²) in [5, 5.41) is 3.26. The first-order valence-electron chi connectivity index (χ1n) is 6.81. The van der Waals surface area contributed by atoms with Gasteiger partial charge in [-0.05, 0) is 31.9 Å². The van der Waals surface area contributed by atoms with Gasteiger partial charge in [-0.1, -0.05) is 37.3 Å². The Balaban J connectivity index is 2.87. The summed E-state index contributed by atoms with van der Waals surface area (Å²) in [6.45, 7) is 3.04. The Labute approximate surface area is 117 Å². The molecule has 0 aliphatic heterocycles. The number of nitrogens with one attached hydrogen (secondary N) is 1. The first-order chi connectivity index (χ1) is 8.93. The number of sulfone groups is 1. The van der Waals surface area contributed by atoms with E-state index in [0.717, 1.165) is 19.4 Å². The van der Waals surface area contributed by atoms with E-state index in [1.54, 1.807) is 0 Å². The molecule has 1 aromatic rings. The highest BCUT2D eigenvalue weighted by Gasteiger charge is 2.29. The first-order valence-corrected chi connectivity index (χ1v) is 8.87. The normalized spacial score (nSPS) is 15.1. The zero-order valence-corrected chi connectivity index (χ0v) is 13.0. The molecule has 1 aromatic carbocycles. The zero-order valence-electron chi connectivity index (χ0n) is 12.1. The van der Waals surface area contributed by atoms with Crippen LogP contribution in [-0.2, 0) is 15.3 Å². The Morgan fingerprint density at radius 2 is 1.84 bits per heavy atom. The second-order valence-electron chi connectivity index (χ2n) is 5.26. The SMILES string of the molecule is CCC(CCCS(C)(=O)=O)(CNC)c1ccccc1. The van der Waals surface area contributed by atoms with Crippen LogP contribution in [-0.4, -0.2) is 34.0 Å². The van der Waals surface area contributed by atoms with Gasteiger partial charge in [0.15, 0.2) is 0 Å². The summed E-state index contributed by atoms with van der Waals surface area (Å²) in [6.07, 6.45) is 3.91. The van der Waals surface area contributed by atoms with Crippen molar-refractivity contribution in [2.24, 2.45) is 0 Å². The van der Waals surface area contributed by atoms with Crippen LogP contribution in [0.25, 0.3) is 0 Å². The van der Waals surface area contributed by atoms with Gasteiger partial charge < -0.3 is 5.32 Å². The highest BCUT2D eigenvalue weighted by molar-refractivity contribution is 7.90. The predicted octanol–water partition coefficient (Wildman–Crippen LogP) is 2.38. The van der Waals surface area contributed by atoms with E-state index in [4.69, 9.17) is 0 Å². The molecule has 108 valence electrons. The van der Waals surface area contributed by atoms with Crippen LogP contribution in [0.2, 0.25) is 0 Å². The highest BCUT2D eigenvalue weighted by atomic mass is 32.2. The summed E-state index contributed by atoms with van der Waals surface area (Å²) in [4.78, 5) is 0. The Morgan fingerprint density at radius 3 is 2.32 bits per heavy atom. The molecule has 4 heteroatoms. The van der Waals surface area contributed by atoms with Crippen LogP contribution in [0.3, 0.4) is 0 Å². The second kappa shape index (κ2) is 7.06. The molecule has 0 fully saturated rings. The zero-order chi connectivity index (χ0) is 14.4. The minimum atomic E-state index is -2.87. The maximum absolute atomic E-state index is 11.3. The maximum atomic E-state index is 11.3. The van der Waals surface area contributed by atoms with Gasteiger partial charge in [-0.3, -0.25) is 0 Å². The van der Waals surface area contributed by atoms with Crippen molar-refractivity contribution in [2.75, 3.05) is 25.6 Å². The molecular formula is C15H25NO2S. The van der Waals surface area contributed by atoms with Crippen LogP contribution in [0.15, 0.2) is 30.3 Å². The molecule has 1 rings (SSSR count). The molecule has 0 saturated carbocycles. The largest absolute Gasteiger partial charge is 0.319 e. The average molecular weight is 283 g/mol. The number of hydrogen-bond acceptors (Lipinski definition) is 3. The molecule has 0 aromatic heterocycles. The summed E-state index contributed by atoms with van der Waals surface area (Å²) in [7, 11) is -0.924. The fraction of sp³-hybridized carbons (Fsp3) is 0.600. The maximum Gasteiger partial charge on any atom is 0.147 e. The minimum absolute atomic E-state index is 0.0285. The summed E-state index contributed by atoms with van der Waals surface area (Å²) < 4.78 is 22.6. The van der Waals surface area contributed by atoms with Crippen LogP contribution in [0.1, 0.15) is 31.7 Å². The van der Waals surface area contributed by atoms with E-state index in [9.17, 15) is 8.42 Å². The molecule has 0 aliphatic rings. The third kappa shape index (κ3) is 4.96. The topological polar surface area (TPSA) is 46.2 Å². The van der Waals surface area contributed by atoms with Crippen LogP contribution in [0, 0.1) is 0 Å². The van der Waals surface area contributed by atoms with E-state index in [1.165, 1.54) is 11.8 Å². The van der Waals surface area contributed by atoms with Crippen molar-refractivity contribution in [1.82, 2.24) is 5.32 Å². The molecule has 0 heterocycles. The van der Waals surface area contributed by atoms with E-state index in [-0.39, 0.29) is 11.2 Å². The van der Waals surface area contributed by atoms with E-state index in [2.05, 4.69) is 24.4 Å². The number of hydrogen-bond donors (Lipinski definition) is 1. The van der Waals surface area contributed by atoms with Gasteiger partial charge in [-0.15, -0.1) is 0 Å². The van der Waals surface area contributed by atoms with Gasteiger partial charge in [-0.25, -0.2) is 8.42 Å². The molecule has 19 heavy (non-hydrogen) atoms. The molecular weight excluding hydrogens is 258 g/mol. The Hall–Kier alpha value is -0.870. The van der Waals surface area contributed by atoms with Crippen LogP contribution < -0.4 is 5.32 Å². The van der Waals surface area contributed by atoms with E-state index in [1.807, 2.05) is 25.2 Å². The fourth-order valence-electron chi connectivity index (χ4n) is 2.64. The van der Waals surface area contributed by atoms with Crippen molar-refractivity contribution in [2.45, 2.75) is 31.6 Å². The molecule has 0 spiro atoms. The van der Waals surface area contributed by atoms with Gasteiger partial charge in [0.2, 0.25) is 0 Å². The quantitative estimate of drug-likeness (QED) is 0.797. The molecule has 0 saturated heterocycles. The molecule has 1 atom stereocenters. The van der Waals surface area contributed by atoms with E-state index >= 15 is 0 Å². The lowest BCUT2D eigenvalue weighted by Crippen LogP contribution is -2.36. The summed E-state index contributed by atoms with van der Waals surface area (Å²) in [5.74, 6) is 0.269. The lowest BCUT2D eigenvalue weighted by Gasteiger charge is -2.33. The van der Waals surface area contributed by atoms with Crippen LogP contribution >= 0.6 is 0 Å². The average Bonchev–Trinajstić information content (AvgIpc) is 2.37. The molecule has 0 radical (unpaired) electrons. The minimum Gasteiger partial charge on any atom is -0.319 e. The summed E-state index contributed by atoms with van der Waals surface area (Å²) in [5.41, 5.74) is 1.32. The number of likely N-dealkylation sites (N-methyl/N-ethyl adjacent to an activating group) is 1. The van der Waals surface area contributed by atoms with Gasteiger partial charge >= 0.3 is 0 Å². The highest BCUT2D eigenvalue weighted by Crippen LogP contribution is 2.32. The number of rotatable bonds is 8. The lowest BCUT2D eigenvalue weighted by atomic mass is 9.74. The third-order valence-corrected chi connectivity index (χ3v) is 4.78.